The van der Waals surface area contributed by atoms with Crippen LogP contribution < -0.4 is 10.6 Å². The Morgan fingerprint density at radius 3 is 2.63 bits per heavy atom. The topological polar surface area (TPSA) is 99.7 Å². The molecule has 2 amide bonds. The summed E-state index contributed by atoms with van der Waals surface area (Å²) in [5, 5.41) is 6.23. The van der Waals surface area contributed by atoms with Gasteiger partial charge in [-0.2, -0.15) is 0 Å². The standard InChI is InChI=1S/C18H30N6O3/c1-5-27-18(26)24-9-6-14(7-10-24)22-16-12-15(20-13(2)21-16)17(25)19-8-11-23(3)4/h12,14H,5-11H2,1-4H3,(H,19,25)(H,20,21,22). The van der Waals surface area contributed by atoms with Gasteiger partial charge in [0.2, 0.25) is 0 Å². The van der Waals surface area contributed by atoms with Gasteiger partial charge >= 0.3 is 6.09 Å². The van der Waals surface area contributed by atoms with Crippen molar-refractivity contribution in [3.05, 3.63) is 17.6 Å². The highest BCUT2D eigenvalue weighted by Gasteiger charge is 2.24. The van der Waals surface area contributed by atoms with Crippen LogP contribution in [0.3, 0.4) is 0 Å². The van der Waals surface area contributed by atoms with Gasteiger partial charge in [0, 0.05) is 38.3 Å². The number of amides is 2. The number of aryl methyl sites for hydroxylation is 1. The first-order valence-corrected chi connectivity index (χ1v) is 9.36. The molecule has 0 atom stereocenters. The zero-order valence-corrected chi connectivity index (χ0v) is 16.6. The molecule has 0 spiro atoms. The van der Waals surface area contributed by atoms with Crippen molar-refractivity contribution < 1.29 is 14.3 Å². The van der Waals surface area contributed by atoms with Crippen LogP contribution in [-0.4, -0.2) is 84.7 Å². The van der Waals surface area contributed by atoms with E-state index in [9.17, 15) is 9.59 Å². The molecular formula is C18H30N6O3. The predicted octanol–water partition coefficient (Wildman–Crippen LogP) is 1.11. The molecule has 1 fully saturated rings. The molecule has 0 aliphatic carbocycles. The summed E-state index contributed by atoms with van der Waals surface area (Å²) in [5.41, 5.74) is 0.354. The van der Waals surface area contributed by atoms with E-state index in [2.05, 4.69) is 20.6 Å². The zero-order valence-electron chi connectivity index (χ0n) is 16.6. The molecule has 9 nitrogen and oxygen atoms in total. The van der Waals surface area contributed by atoms with Crippen LogP contribution in [0.25, 0.3) is 0 Å². The van der Waals surface area contributed by atoms with Crippen molar-refractivity contribution in [2.75, 3.05) is 52.2 Å². The first kappa shape index (κ1) is 20.9. The minimum atomic E-state index is -0.259. The summed E-state index contributed by atoms with van der Waals surface area (Å²) >= 11 is 0. The number of nitrogens with zero attached hydrogens (tertiary/aromatic N) is 4. The Hall–Kier alpha value is -2.42. The average Bonchev–Trinajstić information content (AvgIpc) is 2.61. The molecule has 9 heteroatoms. The second-order valence-electron chi connectivity index (χ2n) is 6.85. The van der Waals surface area contributed by atoms with Crippen molar-refractivity contribution in [1.29, 1.82) is 0 Å². The van der Waals surface area contributed by atoms with Crippen molar-refractivity contribution in [3.63, 3.8) is 0 Å². The molecular weight excluding hydrogens is 348 g/mol. The van der Waals surface area contributed by atoms with Crippen LogP contribution in [0.15, 0.2) is 6.07 Å². The lowest BCUT2D eigenvalue weighted by molar-refractivity contribution is 0.0943. The maximum absolute atomic E-state index is 12.3. The van der Waals surface area contributed by atoms with E-state index in [1.54, 1.807) is 24.8 Å². The largest absolute Gasteiger partial charge is 0.450 e. The Morgan fingerprint density at radius 1 is 1.30 bits per heavy atom. The highest BCUT2D eigenvalue weighted by atomic mass is 16.6. The molecule has 1 saturated heterocycles. The summed E-state index contributed by atoms with van der Waals surface area (Å²) in [6.07, 6.45) is 1.34. The van der Waals surface area contributed by atoms with Gasteiger partial charge in [0.25, 0.3) is 5.91 Å². The summed E-state index contributed by atoms with van der Waals surface area (Å²) in [5.74, 6) is 0.971. The molecule has 1 aliphatic rings. The lowest BCUT2D eigenvalue weighted by Crippen LogP contribution is -2.42. The molecule has 2 rings (SSSR count). The van der Waals surface area contributed by atoms with E-state index in [1.165, 1.54) is 0 Å². The molecule has 0 unspecified atom stereocenters. The van der Waals surface area contributed by atoms with Gasteiger partial charge in [0.1, 0.15) is 17.3 Å². The molecule has 0 saturated carbocycles. The molecule has 150 valence electrons. The number of anilines is 1. The molecule has 1 aliphatic heterocycles. The minimum Gasteiger partial charge on any atom is -0.450 e. The van der Waals surface area contributed by atoms with E-state index in [4.69, 9.17) is 4.74 Å². The Balaban J connectivity index is 1.91. The van der Waals surface area contributed by atoms with Crippen molar-refractivity contribution in [1.82, 2.24) is 25.1 Å². The fraction of sp³-hybridized carbons (Fsp3) is 0.667. The van der Waals surface area contributed by atoms with E-state index in [1.807, 2.05) is 19.0 Å². The van der Waals surface area contributed by atoms with Crippen LogP contribution in [-0.2, 0) is 4.74 Å². The lowest BCUT2D eigenvalue weighted by Gasteiger charge is -2.31. The fourth-order valence-corrected chi connectivity index (χ4v) is 2.87. The number of aromatic nitrogens is 2. The van der Waals surface area contributed by atoms with Crippen LogP contribution in [0.2, 0.25) is 0 Å². The van der Waals surface area contributed by atoms with Crippen LogP contribution >= 0.6 is 0 Å². The maximum atomic E-state index is 12.3. The molecule has 2 heterocycles. The zero-order chi connectivity index (χ0) is 19.8. The molecule has 0 radical (unpaired) electrons. The Morgan fingerprint density at radius 2 is 2.00 bits per heavy atom. The Kier molecular flexibility index (Phi) is 7.78. The molecule has 0 bridgehead atoms. The number of hydrogen-bond donors (Lipinski definition) is 2. The fourth-order valence-electron chi connectivity index (χ4n) is 2.87. The number of ether oxygens (including phenoxy) is 1. The summed E-state index contributed by atoms with van der Waals surface area (Å²) in [7, 11) is 3.91. The second-order valence-corrected chi connectivity index (χ2v) is 6.85. The van der Waals surface area contributed by atoms with E-state index < -0.39 is 0 Å². The van der Waals surface area contributed by atoms with Gasteiger partial charge in [-0.3, -0.25) is 4.79 Å². The van der Waals surface area contributed by atoms with Crippen LogP contribution in [0.5, 0.6) is 0 Å². The van der Waals surface area contributed by atoms with Crippen LogP contribution in [0.1, 0.15) is 36.1 Å². The molecule has 2 N–H and O–H groups in total. The molecule has 1 aromatic heterocycles. The Labute approximate surface area is 160 Å². The minimum absolute atomic E-state index is 0.189. The van der Waals surface area contributed by atoms with Crippen molar-refractivity contribution in [2.45, 2.75) is 32.7 Å². The first-order valence-electron chi connectivity index (χ1n) is 9.36. The summed E-state index contributed by atoms with van der Waals surface area (Å²) in [6, 6.07) is 1.87. The summed E-state index contributed by atoms with van der Waals surface area (Å²) < 4.78 is 5.04. The highest BCUT2D eigenvalue weighted by Crippen LogP contribution is 2.17. The van der Waals surface area contributed by atoms with E-state index >= 15 is 0 Å². The summed E-state index contributed by atoms with van der Waals surface area (Å²) in [6.45, 7) is 6.56. The molecule has 1 aromatic rings. The normalized spacial score (nSPS) is 14.9. The van der Waals surface area contributed by atoms with Crippen molar-refractivity contribution in [3.8, 4) is 0 Å². The van der Waals surface area contributed by atoms with Gasteiger partial charge in [-0.25, -0.2) is 14.8 Å². The summed E-state index contributed by atoms with van der Waals surface area (Å²) in [4.78, 5) is 36.4. The van der Waals surface area contributed by atoms with E-state index in [0.717, 1.165) is 19.4 Å². The number of rotatable bonds is 7. The smallest absolute Gasteiger partial charge is 0.409 e. The van der Waals surface area contributed by atoms with Gasteiger partial charge in [0.15, 0.2) is 0 Å². The quantitative estimate of drug-likeness (QED) is 0.733. The van der Waals surface area contributed by atoms with Gasteiger partial charge in [-0.05, 0) is 40.8 Å². The number of hydrogen-bond acceptors (Lipinski definition) is 7. The monoisotopic (exact) mass is 378 g/mol. The number of carbonyl (C=O) groups excluding carboxylic acids is 2. The predicted molar refractivity (Wildman–Crippen MR) is 103 cm³/mol. The Bertz CT molecular complexity index is 644. The van der Waals surface area contributed by atoms with E-state index in [-0.39, 0.29) is 18.0 Å². The third-order valence-corrected chi connectivity index (χ3v) is 4.29. The molecule has 0 aromatic carbocycles. The van der Waals surface area contributed by atoms with Crippen LogP contribution in [0, 0.1) is 6.92 Å². The van der Waals surface area contributed by atoms with Gasteiger partial charge in [0.05, 0.1) is 6.61 Å². The lowest BCUT2D eigenvalue weighted by atomic mass is 10.1. The van der Waals surface area contributed by atoms with Gasteiger partial charge in [-0.15, -0.1) is 0 Å². The first-order chi connectivity index (χ1) is 12.9. The number of piperidine rings is 1. The van der Waals surface area contributed by atoms with Crippen LogP contribution in [0.4, 0.5) is 10.6 Å². The number of likely N-dealkylation sites (N-methyl/N-ethyl adjacent to an activating group) is 1. The van der Waals surface area contributed by atoms with Crippen molar-refractivity contribution in [2.24, 2.45) is 0 Å². The maximum Gasteiger partial charge on any atom is 0.409 e. The van der Waals surface area contributed by atoms with Gasteiger partial charge in [-0.1, -0.05) is 0 Å². The van der Waals surface area contributed by atoms with Gasteiger partial charge < -0.3 is 25.2 Å². The molecule has 27 heavy (non-hydrogen) atoms. The van der Waals surface area contributed by atoms with Crippen molar-refractivity contribution >= 4 is 17.8 Å². The third-order valence-electron chi connectivity index (χ3n) is 4.29. The number of likely N-dealkylation sites (tertiary alicyclic amines) is 1. The number of carbonyl (C=O) groups is 2. The highest BCUT2D eigenvalue weighted by molar-refractivity contribution is 5.92. The van der Waals surface area contributed by atoms with E-state index in [0.29, 0.717) is 43.6 Å². The second kappa shape index (κ2) is 10.1. The SMILES string of the molecule is CCOC(=O)N1CCC(Nc2cc(C(=O)NCCN(C)C)nc(C)n2)CC1. The number of nitrogens with one attached hydrogen (secondary N) is 2. The third kappa shape index (κ3) is 6.67. The average molecular weight is 378 g/mol.